The van der Waals surface area contributed by atoms with E-state index in [2.05, 4.69) is 27.8 Å². The summed E-state index contributed by atoms with van der Waals surface area (Å²) in [6, 6.07) is 8.36. The summed E-state index contributed by atoms with van der Waals surface area (Å²) >= 11 is 0. The molecular formula is C15H22N2O3S. The molecule has 2 aliphatic rings. The third-order valence-electron chi connectivity index (χ3n) is 4.45. The Hall–Kier alpha value is -0.950. The van der Waals surface area contributed by atoms with E-state index >= 15 is 0 Å². The summed E-state index contributed by atoms with van der Waals surface area (Å²) in [5.74, 6) is 0. The SMILES string of the molecule is CNS(=O)(=O)[C@H]1CCN(C[C@@H]2Cc3ccccc3CO2)C1. The summed E-state index contributed by atoms with van der Waals surface area (Å²) in [5, 5.41) is -0.293. The van der Waals surface area contributed by atoms with E-state index in [-0.39, 0.29) is 11.4 Å². The van der Waals surface area contributed by atoms with Crippen molar-refractivity contribution in [2.45, 2.75) is 30.8 Å². The molecule has 3 rings (SSSR count). The summed E-state index contributed by atoms with van der Waals surface area (Å²) < 4.78 is 32.0. The van der Waals surface area contributed by atoms with Crippen molar-refractivity contribution in [3.63, 3.8) is 0 Å². The summed E-state index contributed by atoms with van der Waals surface area (Å²) in [5.41, 5.74) is 2.62. The van der Waals surface area contributed by atoms with Gasteiger partial charge in [0.05, 0.1) is 18.0 Å². The van der Waals surface area contributed by atoms with Crippen LogP contribution in [-0.4, -0.2) is 51.4 Å². The maximum atomic E-state index is 11.8. The highest BCUT2D eigenvalue weighted by atomic mass is 32.2. The van der Waals surface area contributed by atoms with Crippen LogP contribution in [0.3, 0.4) is 0 Å². The molecule has 0 radical (unpaired) electrons. The first-order valence-corrected chi connectivity index (χ1v) is 8.96. The molecule has 0 aromatic heterocycles. The second-order valence-corrected chi connectivity index (χ2v) is 7.99. The molecular weight excluding hydrogens is 288 g/mol. The number of nitrogens with zero attached hydrogens (tertiary/aromatic N) is 1. The third kappa shape index (κ3) is 3.29. The first-order valence-electron chi connectivity index (χ1n) is 7.41. The van der Waals surface area contributed by atoms with Gasteiger partial charge in [0.15, 0.2) is 0 Å². The van der Waals surface area contributed by atoms with Crippen LogP contribution in [0.4, 0.5) is 0 Å². The molecule has 0 unspecified atom stereocenters. The van der Waals surface area contributed by atoms with Gasteiger partial charge in [0.25, 0.3) is 0 Å². The number of hydrogen-bond donors (Lipinski definition) is 1. The number of sulfonamides is 1. The van der Waals surface area contributed by atoms with E-state index in [4.69, 9.17) is 4.74 Å². The fourth-order valence-electron chi connectivity index (χ4n) is 3.20. The Kier molecular flexibility index (Phi) is 4.31. The standard InChI is InChI=1S/C15H22N2O3S/c1-16-21(18,19)15-6-7-17(10-15)9-14-8-12-4-2-3-5-13(12)11-20-14/h2-5,14-16H,6-11H2,1H3/t14-,15-/m0/s1. The lowest BCUT2D eigenvalue weighted by molar-refractivity contribution is 0.00913. The molecule has 116 valence electrons. The van der Waals surface area contributed by atoms with E-state index in [1.54, 1.807) is 0 Å². The highest BCUT2D eigenvalue weighted by molar-refractivity contribution is 7.90. The molecule has 0 spiro atoms. The number of hydrogen-bond acceptors (Lipinski definition) is 4. The third-order valence-corrected chi connectivity index (χ3v) is 6.29. The number of fused-ring (bicyclic) bond motifs is 1. The molecule has 1 N–H and O–H groups in total. The Balaban J connectivity index is 1.57. The summed E-state index contributed by atoms with van der Waals surface area (Å²) in [7, 11) is -1.67. The zero-order chi connectivity index (χ0) is 14.9. The number of rotatable bonds is 4. The smallest absolute Gasteiger partial charge is 0.215 e. The van der Waals surface area contributed by atoms with Crippen LogP contribution in [0.15, 0.2) is 24.3 Å². The Morgan fingerprint density at radius 1 is 1.33 bits per heavy atom. The van der Waals surface area contributed by atoms with Crippen molar-refractivity contribution in [1.82, 2.24) is 9.62 Å². The molecule has 2 atom stereocenters. The second kappa shape index (κ2) is 6.04. The highest BCUT2D eigenvalue weighted by Gasteiger charge is 2.33. The van der Waals surface area contributed by atoms with Crippen molar-refractivity contribution in [1.29, 1.82) is 0 Å². The van der Waals surface area contributed by atoms with E-state index < -0.39 is 10.0 Å². The largest absolute Gasteiger partial charge is 0.372 e. The lowest BCUT2D eigenvalue weighted by Crippen LogP contribution is -2.38. The number of nitrogens with one attached hydrogen (secondary N) is 1. The average molecular weight is 310 g/mol. The molecule has 0 amide bonds. The summed E-state index contributed by atoms with van der Waals surface area (Å²) in [4.78, 5) is 2.21. The lowest BCUT2D eigenvalue weighted by atomic mass is 9.99. The van der Waals surface area contributed by atoms with E-state index in [9.17, 15) is 8.42 Å². The van der Waals surface area contributed by atoms with Gasteiger partial charge in [0.2, 0.25) is 10.0 Å². The van der Waals surface area contributed by atoms with Crippen LogP contribution in [0, 0.1) is 0 Å². The van der Waals surface area contributed by atoms with E-state index in [0.29, 0.717) is 19.6 Å². The zero-order valence-electron chi connectivity index (χ0n) is 12.3. The number of ether oxygens (including phenoxy) is 1. The zero-order valence-corrected chi connectivity index (χ0v) is 13.1. The van der Waals surface area contributed by atoms with Crippen LogP contribution < -0.4 is 4.72 Å². The summed E-state index contributed by atoms with van der Waals surface area (Å²) in [6.07, 6.45) is 1.78. The Labute approximate surface area is 126 Å². The minimum Gasteiger partial charge on any atom is -0.372 e. The number of benzene rings is 1. The second-order valence-electron chi connectivity index (χ2n) is 5.83. The van der Waals surface area contributed by atoms with Crippen molar-refractivity contribution < 1.29 is 13.2 Å². The van der Waals surface area contributed by atoms with Gasteiger partial charge in [-0.15, -0.1) is 0 Å². The topological polar surface area (TPSA) is 58.6 Å². The predicted molar refractivity (Wildman–Crippen MR) is 81.5 cm³/mol. The van der Waals surface area contributed by atoms with Gasteiger partial charge in [-0.25, -0.2) is 13.1 Å². The van der Waals surface area contributed by atoms with E-state index in [1.807, 2.05) is 6.07 Å². The molecule has 2 heterocycles. The van der Waals surface area contributed by atoms with E-state index in [1.165, 1.54) is 18.2 Å². The van der Waals surface area contributed by atoms with Gasteiger partial charge in [0, 0.05) is 19.5 Å². The molecule has 1 aromatic rings. The van der Waals surface area contributed by atoms with Gasteiger partial charge in [-0.3, -0.25) is 4.90 Å². The molecule has 2 aliphatic heterocycles. The molecule has 1 aromatic carbocycles. The van der Waals surface area contributed by atoms with Gasteiger partial charge in [-0.05, 0) is 31.1 Å². The van der Waals surface area contributed by atoms with Crippen LogP contribution in [0.25, 0.3) is 0 Å². The summed E-state index contributed by atoms with van der Waals surface area (Å²) in [6.45, 7) is 2.90. The van der Waals surface area contributed by atoms with Crippen LogP contribution >= 0.6 is 0 Å². The molecule has 5 nitrogen and oxygen atoms in total. The fraction of sp³-hybridized carbons (Fsp3) is 0.600. The van der Waals surface area contributed by atoms with Gasteiger partial charge < -0.3 is 4.74 Å². The molecule has 1 saturated heterocycles. The highest BCUT2D eigenvalue weighted by Crippen LogP contribution is 2.23. The fourth-order valence-corrected chi connectivity index (χ4v) is 4.35. The van der Waals surface area contributed by atoms with Crippen LogP contribution in [-0.2, 0) is 27.8 Å². The minimum atomic E-state index is -3.15. The van der Waals surface area contributed by atoms with Crippen molar-refractivity contribution in [2.75, 3.05) is 26.7 Å². The van der Waals surface area contributed by atoms with Crippen molar-refractivity contribution in [2.24, 2.45) is 0 Å². The predicted octanol–water partition coefficient (Wildman–Crippen LogP) is 0.751. The maximum Gasteiger partial charge on any atom is 0.215 e. The maximum absolute atomic E-state index is 11.8. The molecule has 0 saturated carbocycles. The Bertz CT molecular complexity index is 603. The van der Waals surface area contributed by atoms with Crippen molar-refractivity contribution in [3.05, 3.63) is 35.4 Å². The van der Waals surface area contributed by atoms with E-state index in [0.717, 1.165) is 19.5 Å². The first-order chi connectivity index (χ1) is 10.1. The van der Waals surface area contributed by atoms with Gasteiger partial charge >= 0.3 is 0 Å². The molecule has 0 bridgehead atoms. The molecule has 21 heavy (non-hydrogen) atoms. The van der Waals surface area contributed by atoms with Gasteiger partial charge in [0.1, 0.15) is 0 Å². The molecule has 6 heteroatoms. The van der Waals surface area contributed by atoms with Crippen LogP contribution in [0.2, 0.25) is 0 Å². The monoisotopic (exact) mass is 310 g/mol. The van der Waals surface area contributed by atoms with Crippen molar-refractivity contribution >= 4 is 10.0 Å². The molecule has 1 fully saturated rings. The minimum absolute atomic E-state index is 0.163. The quantitative estimate of drug-likeness (QED) is 0.892. The Morgan fingerprint density at radius 2 is 2.10 bits per heavy atom. The normalized spacial score (nSPS) is 26.7. The van der Waals surface area contributed by atoms with Gasteiger partial charge in [-0.2, -0.15) is 0 Å². The Morgan fingerprint density at radius 3 is 2.86 bits per heavy atom. The lowest BCUT2D eigenvalue weighted by Gasteiger charge is -2.28. The van der Waals surface area contributed by atoms with Crippen LogP contribution in [0.5, 0.6) is 0 Å². The molecule has 0 aliphatic carbocycles. The van der Waals surface area contributed by atoms with Gasteiger partial charge in [-0.1, -0.05) is 24.3 Å². The first kappa shape index (κ1) is 15.0. The van der Waals surface area contributed by atoms with Crippen molar-refractivity contribution in [3.8, 4) is 0 Å². The average Bonchev–Trinajstić information content (AvgIpc) is 2.96. The van der Waals surface area contributed by atoms with Crippen LogP contribution in [0.1, 0.15) is 17.5 Å². The number of likely N-dealkylation sites (tertiary alicyclic amines) is 1.